The molecule has 0 bridgehead atoms. The van der Waals surface area contributed by atoms with E-state index in [9.17, 15) is 0 Å². The maximum Gasteiger partial charge on any atom is 0.151 e. The van der Waals surface area contributed by atoms with Gasteiger partial charge in [-0.2, -0.15) is 10.2 Å². The maximum atomic E-state index is 5.32. The third kappa shape index (κ3) is 4.41. The average Bonchev–Trinajstić information content (AvgIpc) is 3.40. The number of nitrogens with one attached hydrogen (secondary N) is 4. The van der Waals surface area contributed by atoms with Crippen LogP contribution in [0.2, 0.25) is 0 Å². The van der Waals surface area contributed by atoms with Crippen LogP contribution in [0, 0.1) is 0 Å². The number of nitrogens with zero attached hydrogens (tertiary/aromatic N) is 2. The van der Waals surface area contributed by atoms with Gasteiger partial charge in [0.25, 0.3) is 0 Å². The Morgan fingerprint density at radius 3 is 1.62 bits per heavy atom. The minimum absolute atomic E-state index is 0. The van der Waals surface area contributed by atoms with Gasteiger partial charge in [-0.3, -0.25) is 10.2 Å². The summed E-state index contributed by atoms with van der Waals surface area (Å²) in [6, 6.07) is 11.3. The summed E-state index contributed by atoms with van der Waals surface area (Å²) in [6.45, 7) is 1.40. The van der Waals surface area contributed by atoms with Crippen LogP contribution in [0.5, 0.6) is 0 Å². The van der Waals surface area contributed by atoms with E-state index in [1.165, 1.54) is 0 Å². The number of halogens is 2. The lowest BCUT2D eigenvalue weighted by Gasteiger charge is -2.03. The molecule has 0 aliphatic heterocycles. The molecule has 0 saturated carbocycles. The molecule has 0 saturated heterocycles. The predicted octanol–water partition coefficient (Wildman–Crippen LogP) is 4.02. The first-order valence-electron chi connectivity index (χ1n) is 7.55. The van der Waals surface area contributed by atoms with Crippen LogP contribution in [0.4, 0.5) is 11.6 Å². The standard InChI is InChI=1S/C16H16N6O2.2ClH/c1-3-13(23-7-1)11-9-15(21-19-11)17-5-6-18-16-10-12(20-22-16)14-4-2-8-24-14;;/h1-4,7-10H,5-6H2,(H2,17,19,21)(H2,18,20,22);2*1H. The van der Waals surface area contributed by atoms with Gasteiger partial charge in [0.05, 0.1) is 12.5 Å². The first-order valence-corrected chi connectivity index (χ1v) is 7.55. The SMILES string of the molecule is Cl.Cl.c1coc(-c2cc(NCCNc3cc(-c4ccco4)[nH]n3)n[nH]2)c1. The molecule has 10 heteroatoms. The van der Waals surface area contributed by atoms with Crippen LogP contribution in [0.25, 0.3) is 22.9 Å². The Labute approximate surface area is 161 Å². The Morgan fingerprint density at radius 1 is 0.769 bits per heavy atom. The molecule has 0 aliphatic rings. The van der Waals surface area contributed by atoms with Crippen LogP contribution >= 0.6 is 24.8 Å². The van der Waals surface area contributed by atoms with Crippen LogP contribution < -0.4 is 10.6 Å². The summed E-state index contributed by atoms with van der Waals surface area (Å²) in [5.74, 6) is 3.05. The normalized spacial score (nSPS) is 10.0. The zero-order valence-corrected chi connectivity index (χ0v) is 15.2. The molecule has 4 rings (SSSR count). The average molecular weight is 397 g/mol. The van der Waals surface area contributed by atoms with E-state index in [0.29, 0.717) is 13.1 Å². The number of anilines is 2. The van der Waals surface area contributed by atoms with Crippen LogP contribution in [0.3, 0.4) is 0 Å². The Hall–Kier alpha value is -2.84. The monoisotopic (exact) mass is 396 g/mol. The topological polar surface area (TPSA) is 108 Å². The lowest BCUT2D eigenvalue weighted by atomic mass is 10.3. The second-order valence-electron chi connectivity index (χ2n) is 5.14. The zero-order chi connectivity index (χ0) is 16.2. The van der Waals surface area contributed by atoms with Gasteiger partial charge in [-0.05, 0) is 24.3 Å². The van der Waals surface area contributed by atoms with Gasteiger partial charge in [0, 0.05) is 25.2 Å². The minimum Gasteiger partial charge on any atom is -0.463 e. The van der Waals surface area contributed by atoms with Crippen LogP contribution in [0.15, 0.2) is 57.8 Å². The van der Waals surface area contributed by atoms with Crippen molar-refractivity contribution in [3.8, 4) is 22.9 Å². The largest absolute Gasteiger partial charge is 0.463 e. The number of furan rings is 2. The summed E-state index contributed by atoms with van der Waals surface area (Å²) >= 11 is 0. The highest BCUT2D eigenvalue weighted by atomic mass is 35.5. The fourth-order valence-corrected chi connectivity index (χ4v) is 2.32. The van der Waals surface area contributed by atoms with Crippen molar-refractivity contribution in [3.05, 3.63) is 48.9 Å². The number of rotatable bonds is 7. The van der Waals surface area contributed by atoms with E-state index in [1.54, 1.807) is 12.5 Å². The lowest BCUT2D eigenvalue weighted by Crippen LogP contribution is -2.13. The van der Waals surface area contributed by atoms with Gasteiger partial charge in [0.2, 0.25) is 0 Å². The molecule has 4 aromatic heterocycles. The molecule has 4 N–H and O–H groups in total. The Morgan fingerprint density at radius 2 is 1.23 bits per heavy atom. The highest BCUT2D eigenvalue weighted by Gasteiger charge is 2.06. The van der Waals surface area contributed by atoms with Crippen molar-refractivity contribution in [2.24, 2.45) is 0 Å². The molecule has 0 atom stereocenters. The van der Waals surface area contributed by atoms with Crippen LogP contribution in [-0.2, 0) is 0 Å². The van der Waals surface area contributed by atoms with Crippen molar-refractivity contribution >= 4 is 36.4 Å². The molecule has 4 heterocycles. The second kappa shape index (κ2) is 9.02. The van der Waals surface area contributed by atoms with Crippen molar-refractivity contribution < 1.29 is 8.83 Å². The van der Waals surface area contributed by atoms with E-state index < -0.39 is 0 Å². The lowest BCUT2D eigenvalue weighted by molar-refractivity contribution is 0.579. The molecular formula is C16H18Cl2N6O2. The summed E-state index contributed by atoms with van der Waals surface area (Å²) in [5, 5.41) is 20.7. The molecule has 0 fully saturated rings. The number of H-pyrrole nitrogens is 2. The molecule has 0 spiro atoms. The molecule has 8 nitrogen and oxygen atoms in total. The van der Waals surface area contributed by atoms with Crippen molar-refractivity contribution in [3.63, 3.8) is 0 Å². The maximum absolute atomic E-state index is 5.32. The highest BCUT2D eigenvalue weighted by molar-refractivity contribution is 5.85. The number of aromatic nitrogens is 4. The third-order valence-corrected chi connectivity index (χ3v) is 3.47. The van der Waals surface area contributed by atoms with Crippen molar-refractivity contribution in [1.82, 2.24) is 20.4 Å². The van der Waals surface area contributed by atoms with E-state index >= 15 is 0 Å². The van der Waals surface area contributed by atoms with Crippen molar-refractivity contribution in [1.29, 1.82) is 0 Å². The van der Waals surface area contributed by atoms with E-state index in [4.69, 9.17) is 8.83 Å². The summed E-state index contributed by atoms with van der Waals surface area (Å²) < 4.78 is 10.6. The van der Waals surface area contributed by atoms with Gasteiger partial charge in [0.1, 0.15) is 23.0 Å². The molecule has 138 valence electrons. The van der Waals surface area contributed by atoms with Crippen molar-refractivity contribution in [2.75, 3.05) is 23.7 Å². The smallest absolute Gasteiger partial charge is 0.151 e. The number of aromatic amines is 2. The number of hydrogen-bond donors (Lipinski definition) is 4. The molecule has 0 unspecified atom stereocenters. The third-order valence-electron chi connectivity index (χ3n) is 3.47. The van der Waals surface area contributed by atoms with Gasteiger partial charge in [-0.1, -0.05) is 0 Å². The zero-order valence-electron chi connectivity index (χ0n) is 13.6. The summed E-state index contributed by atoms with van der Waals surface area (Å²) in [4.78, 5) is 0. The molecule has 0 amide bonds. The second-order valence-corrected chi connectivity index (χ2v) is 5.14. The van der Waals surface area contributed by atoms with E-state index in [-0.39, 0.29) is 24.8 Å². The van der Waals surface area contributed by atoms with E-state index in [2.05, 4.69) is 31.0 Å². The fraction of sp³-hybridized carbons (Fsp3) is 0.125. The molecular weight excluding hydrogens is 379 g/mol. The van der Waals surface area contributed by atoms with Crippen molar-refractivity contribution in [2.45, 2.75) is 0 Å². The minimum atomic E-state index is 0. The fourth-order valence-electron chi connectivity index (χ4n) is 2.32. The summed E-state index contributed by atoms with van der Waals surface area (Å²) in [6.07, 6.45) is 3.27. The highest BCUT2D eigenvalue weighted by Crippen LogP contribution is 2.20. The Balaban J connectivity index is 0.00000121. The Bertz CT molecular complexity index is 811. The van der Waals surface area contributed by atoms with Gasteiger partial charge < -0.3 is 19.5 Å². The van der Waals surface area contributed by atoms with E-state index in [0.717, 1.165) is 34.5 Å². The number of hydrogen-bond acceptors (Lipinski definition) is 6. The molecule has 4 aromatic rings. The predicted molar refractivity (Wildman–Crippen MR) is 104 cm³/mol. The molecule has 0 aliphatic carbocycles. The first-order chi connectivity index (χ1) is 11.9. The van der Waals surface area contributed by atoms with Crippen LogP contribution in [0.1, 0.15) is 0 Å². The molecule has 0 aromatic carbocycles. The molecule has 26 heavy (non-hydrogen) atoms. The molecule has 0 radical (unpaired) electrons. The van der Waals surface area contributed by atoms with Gasteiger partial charge in [-0.15, -0.1) is 24.8 Å². The Kier molecular flexibility index (Phi) is 6.76. The van der Waals surface area contributed by atoms with Gasteiger partial charge in [-0.25, -0.2) is 0 Å². The van der Waals surface area contributed by atoms with E-state index in [1.807, 2.05) is 36.4 Å². The van der Waals surface area contributed by atoms with Gasteiger partial charge >= 0.3 is 0 Å². The quantitative estimate of drug-likeness (QED) is 0.351. The summed E-state index contributed by atoms with van der Waals surface area (Å²) in [5.41, 5.74) is 1.68. The van der Waals surface area contributed by atoms with Gasteiger partial charge in [0.15, 0.2) is 11.5 Å². The summed E-state index contributed by atoms with van der Waals surface area (Å²) in [7, 11) is 0. The van der Waals surface area contributed by atoms with Crippen LogP contribution in [-0.4, -0.2) is 33.5 Å². The first kappa shape index (κ1) is 19.5.